The molecule has 2 aromatic rings. The highest BCUT2D eigenvalue weighted by Crippen LogP contribution is 2.26. The van der Waals surface area contributed by atoms with Gasteiger partial charge in [-0.2, -0.15) is 0 Å². The lowest BCUT2D eigenvalue weighted by molar-refractivity contribution is 0.542. The van der Waals surface area contributed by atoms with E-state index in [1.807, 2.05) is 6.92 Å². The molecule has 0 amide bonds. The summed E-state index contributed by atoms with van der Waals surface area (Å²) in [5.41, 5.74) is 2.33. The second-order valence-electron chi connectivity index (χ2n) is 5.34. The minimum atomic E-state index is -2.74. The first-order valence-electron chi connectivity index (χ1n) is 6.58. The second kappa shape index (κ2) is 4.87. The Morgan fingerprint density at radius 2 is 2.26 bits per heavy atom. The molecule has 3 nitrogen and oxygen atoms in total. The van der Waals surface area contributed by atoms with Gasteiger partial charge in [-0.1, -0.05) is 6.07 Å². The number of aromatic nitrogens is 1. The molecule has 1 aromatic heterocycles. The van der Waals surface area contributed by atoms with Crippen molar-refractivity contribution in [2.75, 3.05) is 11.5 Å². The van der Waals surface area contributed by atoms with E-state index in [1.54, 1.807) is 11.3 Å². The average molecular weight is 295 g/mol. The highest BCUT2D eigenvalue weighted by Gasteiger charge is 2.27. The van der Waals surface area contributed by atoms with Crippen LogP contribution in [0.15, 0.2) is 18.2 Å². The van der Waals surface area contributed by atoms with Gasteiger partial charge in [-0.3, -0.25) is 0 Å². The smallest absolute Gasteiger partial charge is 0.150 e. The summed E-state index contributed by atoms with van der Waals surface area (Å²) in [6, 6.07) is 6.41. The Morgan fingerprint density at radius 3 is 3.00 bits per heavy atom. The standard InChI is InChI=1S/C14H17NO2S2/c1-10-15-13-8-11(4-5-14(13)18-10)2-3-12-6-7-19(16,17)9-12/h4-5,8,12H,2-3,6-7,9H2,1H3. The lowest BCUT2D eigenvalue weighted by atomic mass is 9.99. The maximum absolute atomic E-state index is 11.4. The Kier molecular flexibility index (Phi) is 3.35. The van der Waals surface area contributed by atoms with Crippen LogP contribution in [0, 0.1) is 12.8 Å². The largest absolute Gasteiger partial charge is 0.242 e. The van der Waals surface area contributed by atoms with E-state index in [0.717, 1.165) is 29.8 Å². The minimum Gasteiger partial charge on any atom is -0.242 e. The predicted octanol–water partition coefficient (Wildman–Crippen LogP) is 2.97. The van der Waals surface area contributed by atoms with Gasteiger partial charge in [0.1, 0.15) is 0 Å². The SMILES string of the molecule is Cc1nc2cc(CCC3CCS(=O)(=O)C3)ccc2s1. The van der Waals surface area contributed by atoms with Crippen molar-refractivity contribution in [2.45, 2.75) is 26.2 Å². The van der Waals surface area contributed by atoms with E-state index in [1.165, 1.54) is 10.3 Å². The molecule has 1 saturated heterocycles. The van der Waals surface area contributed by atoms with E-state index in [9.17, 15) is 8.42 Å². The van der Waals surface area contributed by atoms with Crippen LogP contribution in [0.25, 0.3) is 10.2 Å². The quantitative estimate of drug-likeness (QED) is 0.874. The van der Waals surface area contributed by atoms with Crippen LogP contribution in [0.1, 0.15) is 23.4 Å². The van der Waals surface area contributed by atoms with Crippen molar-refractivity contribution >= 4 is 31.4 Å². The molecule has 1 unspecified atom stereocenters. The molecule has 0 saturated carbocycles. The molecule has 1 aliphatic heterocycles. The predicted molar refractivity (Wildman–Crippen MR) is 79.4 cm³/mol. The average Bonchev–Trinajstić information content (AvgIpc) is 2.87. The summed E-state index contributed by atoms with van der Waals surface area (Å²) in [6.45, 7) is 2.02. The van der Waals surface area contributed by atoms with Crippen LogP contribution in [0.3, 0.4) is 0 Å². The molecular formula is C14H17NO2S2. The first-order valence-corrected chi connectivity index (χ1v) is 9.22. The molecule has 3 rings (SSSR count). The van der Waals surface area contributed by atoms with Crippen molar-refractivity contribution < 1.29 is 8.42 Å². The second-order valence-corrected chi connectivity index (χ2v) is 8.81. The highest BCUT2D eigenvalue weighted by atomic mass is 32.2. The Labute approximate surface area is 117 Å². The Morgan fingerprint density at radius 1 is 1.42 bits per heavy atom. The number of sulfone groups is 1. The summed E-state index contributed by atoms with van der Waals surface area (Å²) in [7, 11) is -2.74. The van der Waals surface area contributed by atoms with E-state index in [2.05, 4.69) is 23.2 Å². The van der Waals surface area contributed by atoms with Crippen LogP contribution in [-0.4, -0.2) is 24.9 Å². The van der Waals surface area contributed by atoms with E-state index in [-0.39, 0.29) is 0 Å². The van der Waals surface area contributed by atoms with Crippen molar-refractivity contribution in [1.82, 2.24) is 4.98 Å². The van der Waals surface area contributed by atoms with Crippen molar-refractivity contribution in [2.24, 2.45) is 5.92 Å². The number of fused-ring (bicyclic) bond motifs is 1. The molecule has 0 N–H and O–H groups in total. The van der Waals surface area contributed by atoms with Crippen molar-refractivity contribution in [3.8, 4) is 0 Å². The molecule has 19 heavy (non-hydrogen) atoms. The molecule has 1 atom stereocenters. The van der Waals surface area contributed by atoms with Crippen LogP contribution in [-0.2, 0) is 16.3 Å². The number of hydrogen-bond acceptors (Lipinski definition) is 4. The molecular weight excluding hydrogens is 278 g/mol. The van der Waals surface area contributed by atoms with E-state index >= 15 is 0 Å². The number of thiazole rings is 1. The van der Waals surface area contributed by atoms with Gasteiger partial charge in [-0.05, 0) is 49.8 Å². The van der Waals surface area contributed by atoms with Gasteiger partial charge < -0.3 is 0 Å². The van der Waals surface area contributed by atoms with Gasteiger partial charge in [-0.25, -0.2) is 13.4 Å². The highest BCUT2D eigenvalue weighted by molar-refractivity contribution is 7.91. The van der Waals surface area contributed by atoms with Crippen molar-refractivity contribution in [3.05, 3.63) is 28.8 Å². The van der Waals surface area contributed by atoms with Gasteiger partial charge >= 0.3 is 0 Å². The van der Waals surface area contributed by atoms with Crippen LogP contribution in [0.2, 0.25) is 0 Å². The molecule has 0 aliphatic carbocycles. The Balaban J connectivity index is 1.68. The van der Waals surface area contributed by atoms with Crippen LogP contribution < -0.4 is 0 Å². The monoisotopic (exact) mass is 295 g/mol. The molecule has 0 spiro atoms. The third-order valence-corrected chi connectivity index (χ3v) is 6.52. The lowest BCUT2D eigenvalue weighted by Crippen LogP contribution is -2.05. The number of hydrogen-bond donors (Lipinski definition) is 0. The molecule has 0 bridgehead atoms. The van der Waals surface area contributed by atoms with Gasteiger partial charge in [0.05, 0.1) is 26.7 Å². The van der Waals surface area contributed by atoms with Crippen molar-refractivity contribution in [1.29, 1.82) is 0 Å². The van der Waals surface area contributed by atoms with Crippen LogP contribution in [0.5, 0.6) is 0 Å². The van der Waals surface area contributed by atoms with Gasteiger partial charge in [0.15, 0.2) is 9.84 Å². The molecule has 1 fully saturated rings. The van der Waals surface area contributed by atoms with Gasteiger partial charge in [0, 0.05) is 0 Å². The number of rotatable bonds is 3. The Hall–Kier alpha value is -0.940. The zero-order valence-electron chi connectivity index (χ0n) is 10.9. The van der Waals surface area contributed by atoms with Crippen LogP contribution >= 0.6 is 11.3 Å². The fraction of sp³-hybridized carbons (Fsp3) is 0.500. The van der Waals surface area contributed by atoms with Gasteiger partial charge in [0.25, 0.3) is 0 Å². The normalized spacial score (nSPS) is 22.1. The third-order valence-electron chi connectivity index (χ3n) is 3.73. The minimum absolute atomic E-state index is 0.345. The molecule has 0 radical (unpaired) electrons. The number of aryl methyl sites for hydroxylation is 2. The van der Waals surface area contributed by atoms with E-state index in [0.29, 0.717) is 17.4 Å². The Bertz CT molecular complexity index is 703. The zero-order valence-corrected chi connectivity index (χ0v) is 12.6. The lowest BCUT2D eigenvalue weighted by Gasteiger charge is -2.07. The topological polar surface area (TPSA) is 47.0 Å². The van der Waals surface area contributed by atoms with Gasteiger partial charge in [-0.15, -0.1) is 11.3 Å². The zero-order chi connectivity index (χ0) is 13.5. The summed E-state index contributed by atoms with van der Waals surface area (Å²) >= 11 is 1.71. The fourth-order valence-electron chi connectivity index (χ4n) is 2.71. The third kappa shape index (κ3) is 2.98. The molecule has 1 aliphatic rings. The maximum atomic E-state index is 11.4. The van der Waals surface area contributed by atoms with E-state index in [4.69, 9.17) is 0 Å². The summed E-state index contributed by atoms with van der Waals surface area (Å²) in [6.07, 6.45) is 2.75. The number of nitrogens with zero attached hydrogens (tertiary/aromatic N) is 1. The van der Waals surface area contributed by atoms with Crippen LogP contribution in [0.4, 0.5) is 0 Å². The van der Waals surface area contributed by atoms with Gasteiger partial charge in [0.2, 0.25) is 0 Å². The summed E-state index contributed by atoms with van der Waals surface area (Å²) in [5.74, 6) is 1.10. The first kappa shape index (κ1) is 13.1. The summed E-state index contributed by atoms with van der Waals surface area (Å²) in [4.78, 5) is 4.50. The molecule has 102 valence electrons. The first-order chi connectivity index (χ1) is 9.02. The van der Waals surface area contributed by atoms with Crippen molar-refractivity contribution in [3.63, 3.8) is 0 Å². The molecule has 5 heteroatoms. The maximum Gasteiger partial charge on any atom is 0.150 e. The summed E-state index contributed by atoms with van der Waals surface area (Å²) < 4.78 is 24.1. The fourth-order valence-corrected chi connectivity index (χ4v) is 5.43. The number of benzene rings is 1. The molecule has 1 aromatic carbocycles. The molecule has 2 heterocycles. The van der Waals surface area contributed by atoms with E-state index < -0.39 is 9.84 Å². The summed E-state index contributed by atoms with van der Waals surface area (Å²) in [5, 5.41) is 1.09.